The quantitative estimate of drug-likeness (QED) is 0.801. The van der Waals surface area contributed by atoms with Crippen LogP contribution < -0.4 is 5.73 Å². The van der Waals surface area contributed by atoms with Crippen LogP contribution in [0.2, 0.25) is 5.02 Å². The minimum atomic E-state index is -2.66. The summed E-state index contributed by atoms with van der Waals surface area (Å²) in [6.45, 7) is 0.108. The summed E-state index contributed by atoms with van der Waals surface area (Å²) in [5.41, 5.74) is 6.32. The number of alkyl halides is 2. The number of carbonyl (C=O) groups excluding carboxylic acids is 1. The Kier molecular flexibility index (Phi) is 3.43. The molecule has 2 rings (SSSR count). The molecule has 98 valence electrons. The molecule has 3 nitrogen and oxygen atoms in total. The van der Waals surface area contributed by atoms with Crippen LogP contribution in [0.1, 0.15) is 23.2 Å². The molecule has 1 aliphatic heterocycles. The molecule has 1 saturated heterocycles. The summed E-state index contributed by atoms with van der Waals surface area (Å²) in [4.78, 5) is 13.5. The average Bonchev–Trinajstić information content (AvgIpc) is 2.27. The highest BCUT2D eigenvalue weighted by Gasteiger charge is 2.35. The van der Waals surface area contributed by atoms with Crippen molar-refractivity contribution in [2.75, 3.05) is 18.8 Å². The average molecular weight is 275 g/mol. The summed E-state index contributed by atoms with van der Waals surface area (Å²) in [6, 6.07) is 4.52. The van der Waals surface area contributed by atoms with Gasteiger partial charge in [-0.2, -0.15) is 0 Å². The third-order valence-electron chi connectivity index (χ3n) is 2.95. The lowest BCUT2D eigenvalue weighted by Gasteiger charge is -2.31. The number of amides is 1. The molecule has 0 aliphatic carbocycles. The monoisotopic (exact) mass is 274 g/mol. The molecule has 0 atom stereocenters. The van der Waals surface area contributed by atoms with Gasteiger partial charge in [-0.25, -0.2) is 8.78 Å². The Labute approximate surface area is 109 Å². The number of piperidine rings is 1. The lowest BCUT2D eigenvalue weighted by molar-refractivity contribution is -0.0494. The zero-order valence-electron chi connectivity index (χ0n) is 9.63. The van der Waals surface area contributed by atoms with E-state index in [-0.39, 0.29) is 31.8 Å². The van der Waals surface area contributed by atoms with E-state index in [0.717, 1.165) is 0 Å². The Bertz CT molecular complexity index is 449. The smallest absolute Gasteiger partial charge is 0.253 e. The summed E-state index contributed by atoms with van der Waals surface area (Å²) in [7, 11) is 0. The number of hydrogen-bond acceptors (Lipinski definition) is 2. The van der Waals surface area contributed by atoms with Gasteiger partial charge in [0.1, 0.15) is 0 Å². The largest absolute Gasteiger partial charge is 0.399 e. The molecular formula is C12H13ClF2N2O. The maximum Gasteiger partial charge on any atom is 0.253 e. The van der Waals surface area contributed by atoms with Gasteiger partial charge in [-0.15, -0.1) is 0 Å². The predicted octanol–water partition coefficient (Wildman–Crippen LogP) is 2.79. The fourth-order valence-electron chi connectivity index (χ4n) is 1.96. The topological polar surface area (TPSA) is 46.3 Å². The second-order valence-corrected chi connectivity index (χ2v) is 4.86. The highest BCUT2D eigenvalue weighted by molar-refractivity contribution is 6.31. The number of hydrogen-bond donors (Lipinski definition) is 1. The van der Waals surface area contributed by atoms with Gasteiger partial charge in [0.15, 0.2) is 0 Å². The van der Waals surface area contributed by atoms with Crippen molar-refractivity contribution in [1.82, 2.24) is 4.90 Å². The number of carbonyl (C=O) groups is 1. The Balaban J connectivity index is 2.12. The van der Waals surface area contributed by atoms with Crippen LogP contribution >= 0.6 is 11.6 Å². The molecule has 1 amide bonds. The second-order valence-electron chi connectivity index (χ2n) is 4.42. The first-order chi connectivity index (χ1) is 8.37. The molecule has 0 unspecified atom stereocenters. The predicted molar refractivity (Wildman–Crippen MR) is 65.9 cm³/mol. The zero-order valence-corrected chi connectivity index (χ0v) is 10.4. The summed E-state index contributed by atoms with van der Waals surface area (Å²) in [5, 5.41) is 0.362. The van der Waals surface area contributed by atoms with Crippen molar-refractivity contribution >= 4 is 23.2 Å². The number of nitrogens with zero attached hydrogens (tertiary/aromatic N) is 1. The maximum absolute atomic E-state index is 13.0. The van der Waals surface area contributed by atoms with Crippen LogP contribution in [-0.4, -0.2) is 29.8 Å². The van der Waals surface area contributed by atoms with Gasteiger partial charge in [-0.05, 0) is 18.2 Å². The van der Waals surface area contributed by atoms with E-state index in [1.54, 1.807) is 0 Å². The van der Waals surface area contributed by atoms with Crippen molar-refractivity contribution < 1.29 is 13.6 Å². The van der Waals surface area contributed by atoms with Gasteiger partial charge >= 0.3 is 0 Å². The normalized spacial score (nSPS) is 18.7. The van der Waals surface area contributed by atoms with E-state index in [9.17, 15) is 13.6 Å². The molecule has 6 heteroatoms. The molecule has 0 bridgehead atoms. The lowest BCUT2D eigenvalue weighted by Crippen LogP contribution is -2.42. The van der Waals surface area contributed by atoms with Crippen LogP contribution in [0, 0.1) is 0 Å². The van der Waals surface area contributed by atoms with Crippen molar-refractivity contribution in [2.24, 2.45) is 0 Å². The molecule has 1 aliphatic rings. The standard InChI is InChI=1S/C12H13ClF2N2O/c13-9-5-8(6-10(16)7-9)11(18)17-3-1-12(14,15)2-4-17/h5-7H,1-4,16H2. The van der Waals surface area contributed by atoms with Crippen molar-refractivity contribution in [3.63, 3.8) is 0 Å². The Morgan fingerprint density at radius 3 is 2.44 bits per heavy atom. The van der Waals surface area contributed by atoms with E-state index in [1.807, 2.05) is 0 Å². The molecule has 2 N–H and O–H groups in total. The van der Waals surface area contributed by atoms with Crippen LogP contribution in [-0.2, 0) is 0 Å². The second kappa shape index (κ2) is 4.72. The number of benzene rings is 1. The van der Waals surface area contributed by atoms with Crippen LogP contribution in [0.15, 0.2) is 18.2 Å². The van der Waals surface area contributed by atoms with Gasteiger partial charge in [0.25, 0.3) is 11.8 Å². The first kappa shape index (κ1) is 13.1. The van der Waals surface area contributed by atoms with Gasteiger partial charge in [0.05, 0.1) is 0 Å². The van der Waals surface area contributed by atoms with E-state index in [1.165, 1.54) is 23.1 Å². The zero-order chi connectivity index (χ0) is 13.3. The van der Waals surface area contributed by atoms with Crippen LogP contribution in [0.4, 0.5) is 14.5 Å². The molecule has 0 aromatic heterocycles. The molecule has 1 aromatic rings. The molecule has 0 spiro atoms. The number of nitrogens with two attached hydrogens (primary N) is 1. The van der Waals surface area contributed by atoms with Gasteiger partial charge < -0.3 is 10.6 Å². The minimum Gasteiger partial charge on any atom is -0.399 e. The molecule has 1 heterocycles. The third-order valence-corrected chi connectivity index (χ3v) is 3.17. The van der Waals surface area contributed by atoms with Gasteiger partial charge in [-0.1, -0.05) is 11.6 Å². The summed E-state index contributed by atoms with van der Waals surface area (Å²) < 4.78 is 26.0. The van der Waals surface area contributed by atoms with Crippen molar-refractivity contribution in [3.05, 3.63) is 28.8 Å². The van der Waals surface area contributed by atoms with E-state index in [2.05, 4.69) is 0 Å². The molecule has 1 aromatic carbocycles. The van der Waals surface area contributed by atoms with Gasteiger partial charge in [0.2, 0.25) is 0 Å². The highest BCUT2D eigenvalue weighted by Crippen LogP contribution is 2.28. The first-order valence-corrected chi connectivity index (χ1v) is 5.98. The number of nitrogen functional groups attached to an aromatic ring is 1. The van der Waals surface area contributed by atoms with Gasteiger partial charge in [0, 0.05) is 42.2 Å². The Morgan fingerprint density at radius 1 is 1.28 bits per heavy atom. The molecule has 0 radical (unpaired) electrons. The molecule has 18 heavy (non-hydrogen) atoms. The highest BCUT2D eigenvalue weighted by atomic mass is 35.5. The number of halogens is 3. The van der Waals surface area contributed by atoms with E-state index in [0.29, 0.717) is 16.3 Å². The van der Waals surface area contributed by atoms with Crippen molar-refractivity contribution in [1.29, 1.82) is 0 Å². The Morgan fingerprint density at radius 2 is 1.89 bits per heavy atom. The van der Waals surface area contributed by atoms with Crippen LogP contribution in [0.5, 0.6) is 0 Å². The molecular weight excluding hydrogens is 262 g/mol. The fraction of sp³-hybridized carbons (Fsp3) is 0.417. The number of anilines is 1. The lowest BCUT2D eigenvalue weighted by atomic mass is 10.1. The fourth-order valence-corrected chi connectivity index (χ4v) is 2.20. The third kappa shape index (κ3) is 2.90. The summed E-state index contributed by atoms with van der Waals surface area (Å²) >= 11 is 5.81. The van der Waals surface area contributed by atoms with E-state index >= 15 is 0 Å². The number of likely N-dealkylation sites (tertiary alicyclic amines) is 1. The molecule has 0 saturated carbocycles. The summed E-state index contributed by atoms with van der Waals surface area (Å²) in [5.74, 6) is -2.97. The van der Waals surface area contributed by atoms with Crippen molar-refractivity contribution in [2.45, 2.75) is 18.8 Å². The van der Waals surface area contributed by atoms with Crippen molar-refractivity contribution in [3.8, 4) is 0 Å². The maximum atomic E-state index is 13.0. The Hall–Kier alpha value is -1.36. The summed E-state index contributed by atoms with van der Waals surface area (Å²) in [6.07, 6.45) is -0.594. The molecule has 1 fully saturated rings. The first-order valence-electron chi connectivity index (χ1n) is 5.60. The van der Waals surface area contributed by atoms with Gasteiger partial charge in [-0.3, -0.25) is 4.79 Å². The van der Waals surface area contributed by atoms with E-state index in [4.69, 9.17) is 17.3 Å². The van der Waals surface area contributed by atoms with E-state index < -0.39 is 5.92 Å². The van der Waals surface area contributed by atoms with Crippen LogP contribution in [0.3, 0.4) is 0 Å². The minimum absolute atomic E-state index is 0.0538. The SMILES string of the molecule is Nc1cc(Cl)cc(C(=O)N2CCC(F)(F)CC2)c1. The number of rotatable bonds is 1. The van der Waals surface area contributed by atoms with Crippen LogP contribution in [0.25, 0.3) is 0 Å².